The molecule has 0 unspecified atom stereocenters. The lowest BCUT2D eigenvalue weighted by atomic mass is 10.2. The first kappa shape index (κ1) is 14.6. The van der Waals surface area contributed by atoms with Gasteiger partial charge in [-0.2, -0.15) is 0 Å². The number of alkyl halides is 1. The fraction of sp³-hybridized carbons (Fsp3) is 0.455. The molecule has 6 heteroatoms. The first-order chi connectivity index (χ1) is 8.08. The second-order valence-electron chi connectivity index (χ2n) is 3.46. The molecule has 0 bridgehead atoms. The summed E-state index contributed by atoms with van der Waals surface area (Å²) in [5.74, 6) is 0. The van der Waals surface area contributed by atoms with Crippen molar-refractivity contribution < 1.29 is 13.2 Å². The van der Waals surface area contributed by atoms with Crippen molar-refractivity contribution in [2.24, 2.45) is 0 Å². The quantitative estimate of drug-likeness (QED) is 0.614. The Labute approximate surface area is 111 Å². The van der Waals surface area contributed by atoms with Gasteiger partial charge in [-0.3, -0.25) is 0 Å². The van der Waals surface area contributed by atoms with Gasteiger partial charge in [0, 0.05) is 11.9 Å². The normalized spacial score (nSPS) is 11.6. The largest absolute Gasteiger partial charge is 0.379 e. The summed E-state index contributed by atoms with van der Waals surface area (Å²) in [6.07, 6.45) is 0. The van der Waals surface area contributed by atoms with Crippen LogP contribution in [0.2, 0.25) is 0 Å². The topological polar surface area (TPSA) is 55.4 Å². The van der Waals surface area contributed by atoms with Crippen LogP contribution in [0.3, 0.4) is 0 Å². The fourth-order valence-corrected chi connectivity index (χ4v) is 2.83. The third-order valence-electron chi connectivity index (χ3n) is 2.14. The number of sulfonamides is 1. The molecule has 1 rings (SSSR count). The third kappa shape index (κ3) is 4.75. The molecule has 96 valence electrons. The maximum atomic E-state index is 11.9. The predicted molar refractivity (Wildman–Crippen MR) is 71.0 cm³/mol. The molecule has 0 amide bonds. The van der Waals surface area contributed by atoms with E-state index in [1.807, 2.05) is 6.07 Å². The van der Waals surface area contributed by atoms with Crippen LogP contribution in [-0.4, -0.2) is 33.5 Å². The fourth-order valence-electron chi connectivity index (χ4n) is 1.34. The van der Waals surface area contributed by atoms with Gasteiger partial charge in [-0.05, 0) is 18.6 Å². The van der Waals surface area contributed by atoms with Crippen LogP contribution in [0.25, 0.3) is 0 Å². The van der Waals surface area contributed by atoms with Crippen LogP contribution in [0.4, 0.5) is 0 Å². The van der Waals surface area contributed by atoms with Crippen LogP contribution < -0.4 is 4.72 Å². The van der Waals surface area contributed by atoms with Crippen LogP contribution in [0.1, 0.15) is 5.56 Å². The van der Waals surface area contributed by atoms with Crippen molar-refractivity contribution in [3.8, 4) is 0 Å². The van der Waals surface area contributed by atoms with Gasteiger partial charge in [0.15, 0.2) is 0 Å². The molecule has 0 atom stereocenters. The van der Waals surface area contributed by atoms with E-state index in [-0.39, 0.29) is 6.54 Å². The lowest BCUT2D eigenvalue weighted by molar-refractivity contribution is 0.156. The Hall–Kier alpha value is -0.430. The minimum atomic E-state index is -3.42. The first-order valence-electron chi connectivity index (χ1n) is 5.27. The van der Waals surface area contributed by atoms with Crippen LogP contribution in [0, 0.1) is 6.92 Å². The molecule has 0 aliphatic carbocycles. The van der Waals surface area contributed by atoms with Crippen molar-refractivity contribution in [3.63, 3.8) is 0 Å². The lowest BCUT2D eigenvalue weighted by Crippen LogP contribution is -2.28. The van der Waals surface area contributed by atoms with E-state index in [1.54, 1.807) is 25.1 Å². The number of nitrogens with one attached hydrogen (secondary N) is 1. The van der Waals surface area contributed by atoms with Crippen molar-refractivity contribution in [1.82, 2.24) is 4.72 Å². The van der Waals surface area contributed by atoms with Crippen LogP contribution in [-0.2, 0) is 14.8 Å². The van der Waals surface area contributed by atoms with Gasteiger partial charge in [0.25, 0.3) is 0 Å². The highest BCUT2D eigenvalue weighted by Crippen LogP contribution is 2.13. The second-order valence-corrected chi connectivity index (χ2v) is 5.99. The zero-order chi connectivity index (χ0) is 12.7. The van der Waals surface area contributed by atoms with Gasteiger partial charge in [-0.15, -0.1) is 0 Å². The maximum Gasteiger partial charge on any atom is 0.240 e. The summed E-state index contributed by atoms with van der Waals surface area (Å²) in [6.45, 7) is 3.00. The van der Waals surface area contributed by atoms with E-state index in [4.69, 9.17) is 4.74 Å². The number of hydrogen-bond acceptors (Lipinski definition) is 3. The van der Waals surface area contributed by atoms with Crippen LogP contribution in [0.5, 0.6) is 0 Å². The molecule has 17 heavy (non-hydrogen) atoms. The number of halogens is 1. The number of benzene rings is 1. The highest BCUT2D eigenvalue weighted by molar-refractivity contribution is 9.09. The van der Waals surface area contributed by atoms with Crippen molar-refractivity contribution in [2.75, 3.05) is 25.1 Å². The number of ether oxygens (including phenoxy) is 1. The molecule has 1 aromatic carbocycles. The average Bonchev–Trinajstić information content (AvgIpc) is 2.29. The standard InChI is InChI=1S/C11H16BrNO3S/c1-10-4-2-3-5-11(10)17(14,15)13-7-9-16-8-6-12/h2-5,13H,6-9H2,1H3. The van der Waals surface area contributed by atoms with Crippen molar-refractivity contribution >= 4 is 26.0 Å². The minimum Gasteiger partial charge on any atom is -0.379 e. The SMILES string of the molecule is Cc1ccccc1S(=O)(=O)NCCOCCBr. The average molecular weight is 322 g/mol. The summed E-state index contributed by atoms with van der Waals surface area (Å²) < 4.78 is 31.5. The Morgan fingerprint density at radius 2 is 2.00 bits per heavy atom. The molecule has 0 fully saturated rings. The third-order valence-corrected chi connectivity index (χ3v) is 4.09. The van der Waals surface area contributed by atoms with Crippen molar-refractivity contribution in [1.29, 1.82) is 0 Å². The number of rotatable bonds is 7. The molecule has 0 heterocycles. The number of hydrogen-bond donors (Lipinski definition) is 1. The zero-order valence-corrected chi connectivity index (χ0v) is 12.1. The molecule has 1 aromatic rings. The van der Waals surface area contributed by atoms with E-state index >= 15 is 0 Å². The molecule has 0 spiro atoms. The van der Waals surface area contributed by atoms with E-state index in [2.05, 4.69) is 20.7 Å². The maximum absolute atomic E-state index is 11.9. The number of aryl methyl sites for hydroxylation is 1. The summed E-state index contributed by atoms with van der Waals surface area (Å²) in [6, 6.07) is 6.89. The Balaban J connectivity index is 2.55. The van der Waals surface area contributed by atoms with Crippen LogP contribution >= 0.6 is 15.9 Å². The Kier molecular flexibility index (Phi) is 6.11. The lowest BCUT2D eigenvalue weighted by Gasteiger charge is -2.09. The minimum absolute atomic E-state index is 0.281. The summed E-state index contributed by atoms with van der Waals surface area (Å²) in [7, 11) is -3.42. The van der Waals surface area contributed by atoms with E-state index in [0.29, 0.717) is 18.1 Å². The molecular weight excluding hydrogens is 306 g/mol. The smallest absolute Gasteiger partial charge is 0.240 e. The van der Waals surface area contributed by atoms with Gasteiger partial charge in [0.05, 0.1) is 18.1 Å². The molecule has 0 radical (unpaired) electrons. The van der Waals surface area contributed by atoms with Gasteiger partial charge in [0.2, 0.25) is 10.0 Å². The molecular formula is C11H16BrNO3S. The highest BCUT2D eigenvalue weighted by Gasteiger charge is 2.14. The van der Waals surface area contributed by atoms with E-state index in [9.17, 15) is 8.42 Å². The Morgan fingerprint density at radius 3 is 2.65 bits per heavy atom. The Morgan fingerprint density at radius 1 is 1.29 bits per heavy atom. The summed E-state index contributed by atoms with van der Waals surface area (Å²) >= 11 is 3.22. The summed E-state index contributed by atoms with van der Waals surface area (Å²) in [5.41, 5.74) is 0.737. The molecule has 4 nitrogen and oxygen atoms in total. The summed E-state index contributed by atoms with van der Waals surface area (Å²) in [4.78, 5) is 0.320. The predicted octanol–water partition coefficient (Wildman–Crippen LogP) is 1.68. The monoisotopic (exact) mass is 321 g/mol. The van der Waals surface area contributed by atoms with Gasteiger partial charge >= 0.3 is 0 Å². The Bertz CT molecular complexity index is 448. The molecule has 0 aliphatic heterocycles. The molecule has 0 aromatic heterocycles. The van der Waals surface area contributed by atoms with Gasteiger partial charge in [-0.1, -0.05) is 34.1 Å². The first-order valence-corrected chi connectivity index (χ1v) is 7.87. The van der Waals surface area contributed by atoms with Gasteiger partial charge in [0.1, 0.15) is 0 Å². The van der Waals surface area contributed by atoms with E-state index in [1.165, 1.54) is 0 Å². The van der Waals surface area contributed by atoms with Crippen molar-refractivity contribution in [3.05, 3.63) is 29.8 Å². The molecule has 0 saturated carbocycles. The van der Waals surface area contributed by atoms with Crippen molar-refractivity contribution in [2.45, 2.75) is 11.8 Å². The van der Waals surface area contributed by atoms with Gasteiger partial charge < -0.3 is 4.74 Å². The second kappa shape index (κ2) is 7.10. The highest BCUT2D eigenvalue weighted by atomic mass is 79.9. The van der Waals surface area contributed by atoms with E-state index in [0.717, 1.165) is 10.9 Å². The van der Waals surface area contributed by atoms with Crippen LogP contribution in [0.15, 0.2) is 29.2 Å². The molecule has 1 N–H and O–H groups in total. The molecule has 0 saturated heterocycles. The van der Waals surface area contributed by atoms with E-state index < -0.39 is 10.0 Å². The zero-order valence-electron chi connectivity index (χ0n) is 9.65. The molecule has 0 aliphatic rings. The van der Waals surface area contributed by atoms with Gasteiger partial charge in [-0.25, -0.2) is 13.1 Å². The summed E-state index contributed by atoms with van der Waals surface area (Å²) in [5, 5.41) is 0.748.